The van der Waals surface area contributed by atoms with Crippen LogP contribution in [0.2, 0.25) is 5.02 Å². The lowest BCUT2D eigenvalue weighted by Gasteiger charge is -2.20. The fourth-order valence-electron chi connectivity index (χ4n) is 2.03. The van der Waals surface area contributed by atoms with Crippen LogP contribution in [0.3, 0.4) is 0 Å². The van der Waals surface area contributed by atoms with Crippen molar-refractivity contribution in [3.05, 3.63) is 34.9 Å². The molecule has 0 unspecified atom stereocenters. The fourth-order valence-corrected chi connectivity index (χ4v) is 2.24. The molecule has 1 fully saturated rings. The largest absolute Gasteiger partial charge is 0.395 e. The van der Waals surface area contributed by atoms with Gasteiger partial charge in [-0.2, -0.15) is 0 Å². The number of hydrogen-bond acceptors (Lipinski definition) is 3. The molecule has 0 radical (unpaired) electrons. The highest BCUT2D eigenvalue weighted by molar-refractivity contribution is 6.31. The molecular weight excluding hydrogens is 264 g/mol. The normalized spacial score (nSPS) is 14.7. The van der Waals surface area contributed by atoms with E-state index in [-0.39, 0.29) is 12.5 Å². The zero-order valence-corrected chi connectivity index (χ0v) is 11.6. The number of amides is 1. The van der Waals surface area contributed by atoms with Crippen molar-refractivity contribution in [2.24, 2.45) is 0 Å². The maximum absolute atomic E-state index is 11.9. The Balaban J connectivity index is 1.79. The van der Waals surface area contributed by atoms with Crippen molar-refractivity contribution in [2.75, 3.05) is 19.7 Å². The van der Waals surface area contributed by atoms with Crippen molar-refractivity contribution in [2.45, 2.75) is 25.4 Å². The lowest BCUT2D eigenvalue weighted by molar-refractivity contribution is -0.122. The molecule has 2 N–H and O–H groups in total. The van der Waals surface area contributed by atoms with Gasteiger partial charge in [-0.05, 0) is 24.5 Å². The van der Waals surface area contributed by atoms with Crippen LogP contribution in [0.4, 0.5) is 0 Å². The predicted molar refractivity (Wildman–Crippen MR) is 75.0 cm³/mol. The molecule has 1 aromatic carbocycles. The number of nitrogens with one attached hydrogen (secondary N) is 1. The summed E-state index contributed by atoms with van der Waals surface area (Å²) in [5, 5.41) is 12.5. The van der Waals surface area contributed by atoms with Crippen LogP contribution in [-0.4, -0.2) is 41.7 Å². The number of rotatable bonds is 7. The number of carbonyl (C=O) groups is 1. The molecule has 0 aromatic heterocycles. The number of aliphatic hydroxyl groups excluding tert-OH is 1. The van der Waals surface area contributed by atoms with E-state index in [1.807, 2.05) is 29.2 Å². The molecule has 104 valence electrons. The van der Waals surface area contributed by atoms with Crippen LogP contribution in [0.15, 0.2) is 24.3 Å². The summed E-state index contributed by atoms with van der Waals surface area (Å²) in [7, 11) is 0. The van der Waals surface area contributed by atoms with Crippen molar-refractivity contribution < 1.29 is 9.90 Å². The van der Waals surface area contributed by atoms with Gasteiger partial charge in [-0.3, -0.25) is 9.69 Å². The lowest BCUT2D eigenvalue weighted by Crippen LogP contribution is -2.39. The first-order chi connectivity index (χ1) is 9.20. The number of benzene rings is 1. The summed E-state index contributed by atoms with van der Waals surface area (Å²) in [5.41, 5.74) is 0.914. The Morgan fingerprint density at radius 1 is 1.42 bits per heavy atom. The molecule has 4 nitrogen and oxygen atoms in total. The van der Waals surface area contributed by atoms with Crippen molar-refractivity contribution in [3.8, 4) is 0 Å². The van der Waals surface area contributed by atoms with E-state index < -0.39 is 0 Å². The first-order valence-corrected chi connectivity index (χ1v) is 6.93. The van der Waals surface area contributed by atoms with Gasteiger partial charge in [0, 0.05) is 24.2 Å². The molecule has 0 spiro atoms. The molecule has 1 aliphatic carbocycles. The van der Waals surface area contributed by atoms with E-state index >= 15 is 0 Å². The Morgan fingerprint density at radius 2 is 2.16 bits per heavy atom. The second-order valence-corrected chi connectivity index (χ2v) is 5.20. The fraction of sp³-hybridized carbons (Fsp3) is 0.500. The first kappa shape index (κ1) is 14.3. The Bertz CT molecular complexity index is 435. The molecule has 2 rings (SSSR count). The Hall–Kier alpha value is -1.10. The molecule has 5 heteroatoms. The van der Waals surface area contributed by atoms with E-state index in [0.717, 1.165) is 18.4 Å². The van der Waals surface area contributed by atoms with Gasteiger partial charge in [0.2, 0.25) is 5.91 Å². The highest BCUT2D eigenvalue weighted by Gasteiger charge is 2.29. The summed E-state index contributed by atoms with van der Waals surface area (Å²) in [4.78, 5) is 13.9. The monoisotopic (exact) mass is 282 g/mol. The minimum Gasteiger partial charge on any atom is -0.395 e. The van der Waals surface area contributed by atoms with Crippen LogP contribution in [-0.2, 0) is 11.3 Å². The zero-order chi connectivity index (χ0) is 13.7. The summed E-state index contributed by atoms with van der Waals surface area (Å²) in [5.74, 6) is -0.0275. The summed E-state index contributed by atoms with van der Waals surface area (Å²) in [6.45, 7) is 1.43. The maximum atomic E-state index is 11.9. The molecule has 0 heterocycles. The van der Waals surface area contributed by atoms with Crippen molar-refractivity contribution >= 4 is 17.5 Å². The number of aliphatic hydroxyl groups is 1. The van der Waals surface area contributed by atoms with Gasteiger partial charge in [-0.1, -0.05) is 29.8 Å². The van der Waals surface area contributed by atoms with Gasteiger partial charge in [0.25, 0.3) is 0 Å². The number of carbonyl (C=O) groups excluding carboxylic acids is 1. The van der Waals surface area contributed by atoms with Crippen LogP contribution in [0, 0.1) is 0 Å². The lowest BCUT2D eigenvalue weighted by atomic mass is 10.2. The van der Waals surface area contributed by atoms with Crippen LogP contribution < -0.4 is 5.32 Å². The van der Waals surface area contributed by atoms with E-state index in [1.165, 1.54) is 0 Å². The summed E-state index contributed by atoms with van der Waals surface area (Å²) in [6, 6.07) is 7.94. The van der Waals surface area contributed by atoms with E-state index in [0.29, 0.717) is 30.7 Å². The predicted octanol–water partition coefficient (Wildman–Crippen LogP) is 1.41. The van der Waals surface area contributed by atoms with Crippen molar-refractivity contribution in [1.82, 2.24) is 10.2 Å². The third-order valence-corrected chi connectivity index (χ3v) is 3.60. The minimum absolute atomic E-state index is 0.0275. The van der Waals surface area contributed by atoms with Crippen LogP contribution >= 0.6 is 11.6 Å². The van der Waals surface area contributed by atoms with Gasteiger partial charge < -0.3 is 10.4 Å². The van der Waals surface area contributed by atoms with Gasteiger partial charge in [0.1, 0.15) is 0 Å². The molecule has 0 atom stereocenters. The Morgan fingerprint density at radius 3 is 2.79 bits per heavy atom. The SMILES string of the molecule is O=C(CN(CCO)C1CC1)NCc1ccccc1Cl. The van der Waals surface area contributed by atoms with Gasteiger partial charge in [0.15, 0.2) is 0 Å². The molecule has 0 aliphatic heterocycles. The third-order valence-electron chi connectivity index (χ3n) is 3.23. The van der Waals surface area contributed by atoms with E-state index in [2.05, 4.69) is 5.32 Å². The van der Waals surface area contributed by atoms with Crippen LogP contribution in [0.1, 0.15) is 18.4 Å². The maximum Gasteiger partial charge on any atom is 0.234 e. The van der Waals surface area contributed by atoms with E-state index in [4.69, 9.17) is 16.7 Å². The minimum atomic E-state index is -0.0275. The Labute approximate surface area is 118 Å². The number of halogens is 1. The Kier molecular flexibility index (Phi) is 5.19. The first-order valence-electron chi connectivity index (χ1n) is 6.55. The topological polar surface area (TPSA) is 52.6 Å². The van der Waals surface area contributed by atoms with Gasteiger partial charge >= 0.3 is 0 Å². The smallest absolute Gasteiger partial charge is 0.234 e. The number of nitrogens with zero attached hydrogens (tertiary/aromatic N) is 1. The van der Waals surface area contributed by atoms with Crippen molar-refractivity contribution in [1.29, 1.82) is 0 Å². The highest BCUT2D eigenvalue weighted by Crippen LogP contribution is 2.26. The summed E-state index contributed by atoms with van der Waals surface area (Å²) in [6.07, 6.45) is 2.25. The molecule has 1 aliphatic rings. The summed E-state index contributed by atoms with van der Waals surface area (Å²) < 4.78 is 0. The standard InChI is InChI=1S/C14H19ClN2O2/c15-13-4-2-1-3-11(13)9-16-14(19)10-17(7-8-18)12-5-6-12/h1-4,12,18H,5-10H2,(H,16,19). The van der Waals surface area contributed by atoms with Gasteiger partial charge in [0.05, 0.1) is 13.2 Å². The molecule has 1 aromatic rings. The molecule has 1 saturated carbocycles. The van der Waals surface area contributed by atoms with Gasteiger partial charge in [-0.25, -0.2) is 0 Å². The van der Waals surface area contributed by atoms with Crippen LogP contribution in [0.25, 0.3) is 0 Å². The average molecular weight is 283 g/mol. The quantitative estimate of drug-likeness (QED) is 0.795. The molecule has 19 heavy (non-hydrogen) atoms. The molecule has 0 bridgehead atoms. The van der Waals surface area contributed by atoms with Crippen LogP contribution in [0.5, 0.6) is 0 Å². The highest BCUT2D eigenvalue weighted by atomic mass is 35.5. The van der Waals surface area contributed by atoms with Gasteiger partial charge in [-0.15, -0.1) is 0 Å². The average Bonchev–Trinajstić information content (AvgIpc) is 3.21. The molecule has 0 saturated heterocycles. The second kappa shape index (κ2) is 6.89. The summed E-state index contributed by atoms with van der Waals surface area (Å²) >= 11 is 6.03. The number of hydrogen-bond donors (Lipinski definition) is 2. The zero-order valence-electron chi connectivity index (χ0n) is 10.8. The van der Waals surface area contributed by atoms with Crippen molar-refractivity contribution in [3.63, 3.8) is 0 Å². The van der Waals surface area contributed by atoms with E-state index in [1.54, 1.807) is 0 Å². The van der Waals surface area contributed by atoms with E-state index in [9.17, 15) is 4.79 Å². The second-order valence-electron chi connectivity index (χ2n) is 4.79. The molecule has 1 amide bonds. The molecular formula is C14H19ClN2O2. The third kappa shape index (κ3) is 4.49.